The number of aromatic nitrogens is 4. The summed E-state index contributed by atoms with van der Waals surface area (Å²) < 4.78 is 28.3. The minimum absolute atomic E-state index is 0.0327. The summed E-state index contributed by atoms with van der Waals surface area (Å²) in [4.78, 5) is 12.5. The molecule has 0 radical (unpaired) electrons. The Balaban J connectivity index is 1.34. The van der Waals surface area contributed by atoms with Crippen molar-refractivity contribution in [3.8, 4) is 5.88 Å². The second-order valence-electron chi connectivity index (χ2n) is 12.9. The largest absolute Gasteiger partial charge is 0.492 e. The Morgan fingerprint density at radius 2 is 2.08 bits per heavy atom. The lowest BCUT2D eigenvalue weighted by molar-refractivity contribution is -0.0367. The molecule has 0 unspecified atom stereocenters. The van der Waals surface area contributed by atoms with Crippen molar-refractivity contribution in [2.24, 2.45) is 5.92 Å². The summed E-state index contributed by atoms with van der Waals surface area (Å²) in [6.07, 6.45) is 5.85. The lowest BCUT2D eigenvalue weighted by Crippen LogP contribution is -2.46. The van der Waals surface area contributed by atoms with Gasteiger partial charge >= 0.3 is 0 Å². The van der Waals surface area contributed by atoms with Crippen LogP contribution >= 0.6 is 17.1 Å². The number of imidazole rings is 1. The number of allylic oxidation sites excluding steroid dienone is 1. The summed E-state index contributed by atoms with van der Waals surface area (Å²) >= 11 is 7.77. The Morgan fingerprint density at radius 3 is 2.77 bits per heavy atom. The van der Waals surface area contributed by atoms with Gasteiger partial charge in [-0.3, -0.25) is 4.57 Å². The van der Waals surface area contributed by atoms with Crippen molar-refractivity contribution in [1.29, 1.82) is 0 Å². The van der Waals surface area contributed by atoms with E-state index in [0.29, 0.717) is 30.1 Å². The Hall–Kier alpha value is -0.853. The van der Waals surface area contributed by atoms with Gasteiger partial charge in [-0.25, -0.2) is 9.97 Å². The average molecular weight is 613 g/mol. The van der Waals surface area contributed by atoms with Crippen LogP contribution in [0.4, 0.5) is 0 Å². The molecule has 1 aliphatic carbocycles. The van der Waals surface area contributed by atoms with E-state index in [9.17, 15) is 5.11 Å². The van der Waals surface area contributed by atoms with Crippen LogP contribution in [0.5, 0.6) is 5.88 Å². The predicted octanol–water partition coefficient (Wildman–Crippen LogP) is 6.72. The second kappa shape index (κ2) is 10.5. The van der Waals surface area contributed by atoms with E-state index in [1.165, 1.54) is 11.9 Å². The Labute approximate surface area is 241 Å². The number of ether oxygens (including phenoxy) is 1. The molecule has 13 heteroatoms. The molecule has 0 aromatic carbocycles. The van der Waals surface area contributed by atoms with Gasteiger partial charge in [0.15, 0.2) is 19.5 Å². The van der Waals surface area contributed by atoms with Crippen molar-refractivity contribution in [2.45, 2.75) is 108 Å². The number of hydrogen-bond acceptors (Lipinski definition) is 10. The third-order valence-corrected chi connectivity index (χ3v) is 19.3. The van der Waals surface area contributed by atoms with E-state index in [4.69, 9.17) is 30.0 Å². The highest BCUT2D eigenvalue weighted by Crippen LogP contribution is 2.75. The number of aromatic hydroxyl groups is 1. The molecular formula is C26H41N4O5PS2Si. The minimum Gasteiger partial charge on any atom is -0.492 e. The van der Waals surface area contributed by atoms with Gasteiger partial charge in [-0.2, -0.15) is 4.98 Å². The van der Waals surface area contributed by atoms with Gasteiger partial charge in [0, 0.05) is 11.2 Å². The van der Waals surface area contributed by atoms with Crippen LogP contribution in [0.25, 0.3) is 11.2 Å². The second-order valence-corrected chi connectivity index (χ2v) is 24.2. The zero-order chi connectivity index (χ0) is 28.4. The smallest absolute Gasteiger partial charge is 0.248 e. The van der Waals surface area contributed by atoms with Gasteiger partial charge in [0.05, 0.1) is 25.1 Å². The summed E-state index contributed by atoms with van der Waals surface area (Å²) in [5.74, 6) is 0.322. The fraction of sp³-hybridized carbons (Fsp3) is 0.731. The van der Waals surface area contributed by atoms with E-state index in [2.05, 4.69) is 69.2 Å². The maximum atomic E-state index is 10.1. The highest BCUT2D eigenvalue weighted by Gasteiger charge is 2.54. The van der Waals surface area contributed by atoms with Gasteiger partial charge in [-0.05, 0) is 69.0 Å². The van der Waals surface area contributed by atoms with Gasteiger partial charge in [0.2, 0.25) is 11.6 Å². The van der Waals surface area contributed by atoms with Crippen molar-refractivity contribution in [3.63, 3.8) is 0 Å². The fourth-order valence-corrected chi connectivity index (χ4v) is 13.9. The van der Waals surface area contributed by atoms with Crippen LogP contribution < -0.4 is 0 Å². The summed E-state index contributed by atoms with van der Waals surface area (Å²) in [6, 6.07) is 0. The monoisotopic (exact) mass is 612 g/mol. The molecule has 5 rings (SSSR count). The average Bonchev–Trinajstić information content (AvgIpc) is 3.49. The van der Waals surface area contributed by atoms with Crippen molar-refractivity contribution in [3.05, 3.63) is 24.8 Å². The molecule has 216 valence electrons. The number of nitrogens with zero attached hydrogens (tertiary/aromatic N) is 4. The highest BCUT2D eigenvalue weighted by molar-refractivity contribution is 8.68. The fourth-order valence-electron chi connectivity index (χ4n) is 5.36. The molecule has 3 aliphatic rings. The number of rotatable bonds is 7. The molecule has 9 nitrogen and oxygen atoms in total. The molecule has 1 saturated carbocycles. The minimum atomic E-state index is -2.56. The van der Waals surface area contributed by atoms with Crippen LogP contribution in [0, 0.1) is 5.92 Å². The molecule has 7 atom stereocenters. The van der Waals surface area contributed by atoms with Crippen LogP contribution in [0.15, 0.2) is 24.8 Å². The summed E-state index contributed by atoms with van der Waals surface area (Å²) in [5, 5.41) is 10.2. The first-order valence-corrected chi connectivity index (χ1v) is 20.6. The van der Waals surface area contributed by atoms with Crippen molar-refractivity contribution >= 4 is 48.4 Å². The SMILES string of the molecule is C=C(C)[C@H]1CC[C@@]2(C)S[P@](=S)(OC[C@H]3O[C@@H](n4cnc5c(O)ncnc54)C[C@@H]3O[Si](C)(C)C(C)(C)C)O[C@@H]2C1. The van der Waals surface area contributed by atoms with Crippen LogP contribution in [0.3, 0.4) is 0 Å². The highest BCUT2D eigenvalue weighted by atomic mass is 32.9. The van der Waals surface area contributed by atoms with Gasteiger partial charge < -0.3 is 23.3 Å². The van der Waals surface area contributed by atoms with Crippen LogP contribution in [0.1, 0.15) is 66.5 Å². The van der Waals surface area contributed by atoms with Gasteiger partial charge in [0.1, 0.15) is 18.7 Å². The molecule has 0 bridgehead atoms. The van der Waals surface area contributed by atoms with E-state index in [0.717, 1.165) is 19.3 Å². The summed E-state index contributed by atoms with van der Waals surface area (Å²) in [5.41, 5.74) is -0.482. The first-order valence-electron chi connectivity index (χ1n) is 13.6. The van der Waals surface area contributed by atoms with Gasteiger partial charge in [0.25, 0.3) is 0 Å². The Morgan fingerprint density at radius 1 is 1.33 bits per heavy atom. The normalized spacial score (nSPS) is 35.4. The zero-order valence-electron chi connectivity index (χ0n) is 23.9. The molecule has 2 saturated heterocycles. The molecule has 2 aromatic heterocycles. The summed E-state index contributed by atoms with van der Waals surface area (Å²) in [6.45, 7) is 20.0. The first kappa shape index (κ1) is 29.6. The van der Waals surface area contributed by atoms with E-state index < -0.39 is 14.0 Å². The summed E-state index contributed by atoms with van der Waals surface area (Å²) in [7, 11) is -2.11. The number of hydrogen-bond donors (Lipinski definition) is 1. The van der Waals surface area contributed by atoms with Gasteiger partial charge in [-0.15, -0.1) is 0 Å². The lowest BCUT2D eigenvalue weighted by atomic mass is 9.77. The van der Waals surface area contributed by atoms with E-state index in [-0.39, 0.29) is 40.2 Å². The molecule has 1 N–H and O–H groups in total. The van der Waals surface area contributed by atoms with Crippen molar-refractivity contribution in [2.75, 3.05) is 6.61 Å². The molecular weight excluding hydrogens is 572 g/mol. The maximum Gasteiger partial charge on any atom is 0.248 e. The van der Waals surface area contributed by atoms with Crippen LogP contribution in [-0.2, 0) is 30.0 Å². The quantitative estimate of drug-likeness (QED) is 0.206. The lowest BCUT2D eigenvalue weighted by Gasteiger charge is -2.39. The van der Waals surface area contributed by atoms with Gasteiger partial charge in [-0.1, -0.05) is 44.3 Å². The molecule has 4 heterocycles. The number of fused-ring (bicyclic) bond motifs is 2. The molecule has 2 aromatic rings. The predicted molar refractivity (Wildman–Crippen MR) is 161 cm³/mol. The van der Waals surface area contributed by atoms with E-state index >= 15 is 0 Å². The van der Waals surface area contributed by atoms with Crippen LogP contribution in [0.2, 0.25) is 18.1 Å². The standard InChI is InChI=1S/C26H41N4O5PS2Si/c1-16(2)17-9-10-26(6)20(11-17)34-36(37,38-26)32-13-19-18(35-39(7,8)25(3,4)5)12-21(33-19)30-15-29-22-23(30)27-14-28-24(22)31/h14-15,17-21H,1,9-13H2,2-8H3,(H,27,28,31)/t17-,18-,19+,20+,21+,26+,36+/m0/s1. The van der Waals surface area contributed by atoms with Crippen LogP contribution in [-0.4, -0.2) is 62.6 Å². The Bertz CT molecular complexity index is 1300. The van der Waals surface area contributed by atoms with E-state index in [1.54, 1.807) is 17.7 Å². The topological polar surface area (TPSA) is 101 Å². The molecule has 0 spiro atoms. The molecule has 3 fully saturated rings. The molecule has 39 heavy (non-hydrogen) atoms. The maximum absolute atomic E-state index is 10.1. The first-order chi connectivity index (χ1) is 18.1. The zero-order valence-corrected chi connectivity index (χ0v) is 27.4. The third kappa shape index (κ3) is 5.77. The third-order valence-electron chi connectivity index (χ3n) is 8.92. The van der Waals surface area contributed by atoms with Crippen molar-refractivity contribution in [1.82, 2.24) is 19.5 Å². The van der Waals surface area contributed by atoms with E-state index in [1.807, 2.05) is 4.57 Å². The van der Waals surface area contributed by atoms with Crippen molar-refractivity contribution < 1.29 is 23.3 Å². The molecule has 2 aliphatic heterocycles. The molecule has 0 amide bonds. The Kier molecular flexibility index (Phi) is 7.94.